The van der Waals surface area contributed by atoms with E-state index in [1.807, 2.05) is 22.6 Å². The van der Waals surface area contributed by atoms with E-state index in [0.29, 0.717) is 22.8 Å². The zero-order chi connectivity index (χ0) is 13.7. The van der Waals surface area contributed by atoms with Gasteiger partial charge in [0.2, 0.25) is 0 Å². The first kappa shape index (κ1) is 15.0. The Morgan fingerprint density at radius 3 is 2.67 bits per heavy atom. The fourth-order valence-corrected chi connectivity index (χ4v) is 1.90. The molecule has 1 aromatic carbocycles. The molecule has 18 heavy (non-hydrogen) atoms. The predicted octanol–water partition coefficient (Wildman–Crippen LogP) is 2.31. The molecule has 5 nitrogen and oxygen atoms in total. The van der Waals surface area contributed by atoms with Crippen LogP contribution in [0.1, 0.15) is 10.4 Å². The monoisotopic (exact) mass is 382 g/mol. The number of carbonyl (C=O) groups excluding carboxylic acids is 1. The van der Waals surface area contributed by atoms with Gasteiger partial charge in [-0.05, 0) is 28.7 Å². The molecule has 7 heteroatoms. The second-order valence-electron chi connectivity index (χ2n) is 3.23. The van der Waals surface area contributed by atoms with Crippen LogP contribution in [0.3, 0.4) is 0 Å². The van der Waals surface area contributed by atoms with Gasteiger partial charge in [0.1, 0.15) is 17.1 Å². The van der Waals surface area contributed by atoms with Gasteiger partial charge in [-0.2, -0.15) is 0 Å². The van der Waals surface area contributed by atoms with Crippen LogP contribution in [0.4, 0.5) is 5.69 Å². The third kappa shape index (κ3) is 3.49. The van der Waals surface area contributed by atoms with E-state index < -0.39 is 5.97 Å². The number of carbonyl (C=O) groups is 1. The molecule has 0 spiro atoms. The van der Waals surface area contributed by atoms with Crippen LogP contribution in [0.5, 0.6) is 5.75 Å². The summed E-state index contributed by atoms with van der Waals surface area (Å²) in [7, 11) is 2.78. The molecule has 1 rings (SSSR count). The lowest BCUT2D eigenvalue weighted by Crippen LogP contribution is -2.12. The van der Waals surface area contributed by atoms with E-state index in [0.717, 1.165) is 3.57 Å². The van der Waals surface area contributed by atoms with Gasteiger partial charge in [0, 0.05) is 9.64 Å². The van der Waals surface area contributed by atoms with Gasteiger partial charge in [-0.15, -0.1) is 11.6 Å². The number of alkyl halides is 1. The molecular formula is C11H12ClIN2O3. The summed E-state index contributed by atoms with van der Waals surface area (Å²) in [5, 5.41) is 0. The first-order valence-corrected chi connectivity index (χ1v) is 6.49. The summed E-state index contributed by atoms with van der Waals surface area (Å²) in [6.45, 7) is 0. The molecule has 0 aliphatic heterocycles. The zero-order valence-corrected chi connectivity index (χ0v) is 12.8. The summed E-state index contributed by atoms with van der Waals surface area (Å²) in [6.07, 6.45) is 0. The average Bonchev–Trinajstić information content (AvgIpc) is 2.39. The lowest BCUT2D eigenvalue weighted by Gasteiger charge is -2.09. The minimum Gasteiger partial charge on any atom is -0.496 e. The minimum absolute atomic E-state index is 0.136. The number of hydrogen-bond donors (Lipinski definition) is 1. The van der Waals surface area contributed by atoms with Crippen LogP contribution < -0.4 is 10.5 Å². The van der Waals surface area contributed by atoms with Crippen molar-refractivity contribution in [2.75, 3.05) is 20.1 Å². The number of amidine groups is 1. The smallest absolute Gasteiger partial charge is 0.341 e. The molecule has 0 aliphatic rings. The number of nitrogens with zero attached hydrogens (tertiary/aromatic N) is 1. The molecule has 0 bridgehead atoms. The topological polar surface area (TPSA) is 73.9 Å². The van der Waals surface area contributed by atoms with E-state index in [-0.39, 0.29) is 5.88 Å². The molecule has 1 aromatic rings. The Labute approximate surface area is 123 Å². The number of aliphatic imine (C=N–C) groups is 1. The summed E-state index contributed by atoms with van der Waals surface area (Å²) in [5.41, 5.74) is 6.51. The summed E-state index contributed by atoms with van der Waals surface area (Å²) in [4.78, 5) is 15.7. The van der Waals surface area contributed by atoms with Crippen LogP contribution in [-0.4, -0.2) is 31.9 Å². The van der Waals surface area contributed by atoms with Crippen molar-refractivity contribution < 1.29 is 14.3 Å². The van der Waals surface area contributed by atoms with E-state index in [1.54, 1.807) is 12.1 Å². The molecule has 0 radical (unpaired) electrons. The van der Waals surface area contributed by atoms with E-state index in [1.165, 1.54) is 14.2 Å². The van der Waals surface area contributed by atoms with Crippen molar-refractivity contribution in [3.63, 3.8) is 0 Å². The number of esters is 1. The fourth-order valence-electron chi connectivity index (χ4n) is 1.25. The van der Waals surface area contributed by atoms with Crippen molar-refractivity contribution in [2.45, 2.75) is 0 Å². The molecule has 0 amide bonds. The van der Waals surface area contributed by atoms with E-state index in [2.05, 4.69) is 9.73 Å². The van der Waals surface area contributed by atoms with Crippen LogP contribution >= 0.6 is 34.2 Å². The SMILES string of the molecule is COC(=O)c1cc(I)c(N=C(N)CCl)cc1OC. The van der Waals surface area contributed by atoms with E-state index in [4.69, 9.17) is 22.1 Å². The maximum atomic E-state index is 11.5. The van der Waals surface area contributed by atoms with Gasteiger partial charge in [0.25, 0.3) is 0 Å². The van der Waals surface area contributed by atoms with Crippen molar-refractivity contribution in [3.05, 3.63) is 21.3 Å². The van der Waals surface area contributed by atoms with Gasteiger partial charge in [-0.1, -0.05) is 0 Å². The standard InChI is InChI=1S/C11H12ClIN2O3/c1-17-9-4-8(15-10(14)5-12)7(13)3-6(9)11(16)18-2/h3-4H,5H2,1-2H3,(H2,14,15). The molecule has 0 fully saturated rings. The molecular weight excluding hydrogens is 370 g/mol. The van der Waals surface area contributed by atoms with E-state index >= 15 is 0 Å². The molecule has 0 saturated carbocycles. The highest BCUT2D eigenvalue weighted by molar-refractivity contribution is 14.1. The number of nitrogens with two attached hydrogens (primary N) is 1. The van der Waals surface area contributed by atoms with Gasteiger partial charge in [0.15, 0.2) is 0 Å². The number of halogens is 2. The van der Waals surface area contributed by atoms with Crippen LogP contribution in [0, 0.1) is 3.57 Å². The maximum absolute atomic E-state index is 11.5. The second kappa shape index (κ2) is 6.79. The highest BCUT2D eigenvalue weighted by atomic mass is 127. The predicted molar refractivity (Wildman–Crippen MR) is 79.1 cm³/mol. The Morgan fingerprint density at radius 2 is 2.17 bits per heavy atom. The normalized spacial score (nSPS) is 11.2. The van der Waals surface area contributed by atoms with Crippen LogP contribution in [0.15, 0.2) is 17.1 Å². The Morgan fingerprint density at radius 1 is 1.50 bits per heavy atom. The zero-order valence-electron chi connectivity index (χ0n) is 9.87. The lowest BCUT2D eigenvalue weighted by molar-refractivity contribution is 0.0597. The van der Waals surface area contributed by atoms with Gasteiger partial charge >= 0.3 is 5.97 Å². The summed E-state index contributed by atoms with van der Waals surface area (Å²) in [6, 6.07) is 3.25. The molecule has 0 aliphatic carbocycles. The highest BCUT2D eigenvalue weighted by Crippen LogP contribution is 2.31. The van der Waals surface area contributed by atoms with Crippen LogP contribution in [0.25, 0.3) is 0 Å². The van der Waals surface area contributed by atoms with Crippen LogP contribution in [0.2, 0.25) is 0 Å². The number of ether oxygens (including phenoxy) is 2. The fraction of sp³-hybridized carbons (Fsp3) is 0.273. The molecule has 0 heterocycles. The minimum atomic E-state index is -0.467. The molecule has 0 unspecified atom stereocenters. The largest absolute Gasteiger partial charge is 0.496 e. The van der Waals surface area contributed by atoms with Gasteiger partial charge in [-0.25, -0.2) is 9.79 Å². The first-order chi connectivity index (χ1) is 8.53. The van der Waals surface area contributed by atoms with Crippen molar-refractivity contribution >= 4 is 51.7 Å². The first-order valence-electron chi connectivity index (χ1n) is 4.88. The Balaban J connectivity index is 3.31. The highest BCUT2D eigenvalue weighted by Gasteiger charge is 2.16. The maximum Gasteiger partial charge on any atom is 0.341 e. The molecule has 2 N–H and O–H groups in total. The molecule has 0 aromatic heterocycles. The molecule has 98 valence electrons. The number of methoxy groups -OCH3 is 2. The molecule has 0 saturated heterocycles. The number of benzene rings is 1. The van der Waals surface area contributed by atoms with Crippen molar-refractivity contribution in [1.82, 2.24) is 0 Å². The Bertz CT molecular complexity index is 491. The van der Waals surface area contributed by atoms with Crippen molar-refractivity contribution in [3.8, 4) is 5.75 Å². The van der Waals surface area contributed by atoms with Crippen LogP contribution in [-0.2, 0) is 4.74 Å². The van der Waals surface area contributed by atoms with Gasteiger partial charge in [0.05, 0.1) is 25.8 Å². The third-order valence-electron chi connectivity index (χ3n) is 2.08. The third-order valence-corrected chi connectivity index (χ3v) is 3.21. The Hall–Kier alpha value is -1.02. The van der Waals surface area contributed by atoms with Crippen molar-refractivity contribution in [1.29, 1.82) is 0 Å². The van der Waals surface area contributed by atoms with Gasteiger partial charge in [-0.3, -0.25) is 0 Å². The lowest BCUT2D eigenvalue weighted by atomic mass is 10.2. The number of rotatable bonds is 4. The van der Waals surface area contributed by atoms with Gasteiger partial charge < -0.3 is 15.2 Å². The quantitative estimate of drug-likeness (QED) is 0.285. The second-order valence-corrected chi connectivity index (χ2v) is 4.66. The van der Waals surface area contributed by atoms with E-state index in [9.17, 15) is 4.79 Å². The molecule has 0 atom stereocenters. The summed E-state index contributed by atoms with van der Waals surface area (Å²) < 4.78 is 10.6. The van der Waals surface area contributed by atoms with Crippen molar-refractivity contribution in [2.24, 2.45) is 10.7 Å². The number of hydrogen-bond acceptors (Lipinski definition) is 4. The summed E-state index contributed by atoms with van der Waals surface area (Å²) in [5.74, 6) is 0.341. The summed E-state index contributed by atoms with van der Waals surface area (Å²) >= 11 is 7.62. The Kier molecular flexibility index (Phi) is 5.67. The average molecular weight is 383 g/mol.